The fourth-order valence-corrected chi connectivity index (χ4v) is 2.19. The summed E-state index contributed by atoms with van der Waals surface area (Å²) in [6.45, 7) is 7.02. The monoisotopic (exact) mass is 406 g/mol. The molecular weight excluding hydrogens is 382 g/mol. The van der Waals surface area contributed by atoms with Crippen LogP contribution in [0.25, 0.3) is 0 Å². The molecule has 0 spiro atoms. The number of piperazine rings is 1. The third-order valence-corrected chi connectivity index (χ3v) is 3.57. The Morgan fingerprint density at radius 1 is 1.09 bits per heavy atom. The first-order valence-electron chi connectivity index (χ1n) is 6.80. The van der Waals surface area contributed by atoms with E-state index in [4.69, 9.17) is 5.73 Å². The average molecular weight is 408 g/mol. The number of nitrogens with two attached hydrogens (primary N) is 1. The summed E-state index contributed by atoms with van der Waals surface area (Å²) in [6, 6.07) is 5.50. The van der Waals surface area contributed by atoms with Crippen molar-refractivity contribution < 1.29 is 4.79 Å². The Kier molecular flexibility index (Phi) is 15.4. The lowest BCUT2D eigenvalue weighted by molar-refractivity contribution is -0.133. The van der Waals surface area contributed by atoms with Crippen molar-refractivity contribution in [2.75, 3.05) is 31.1 Å². The van der Waals surface area contributed by atoms with Crippen molar-refractivity contribution in [3.63, 3.8) is 0 Å². The smallest absolute Gasteiger partial charge is 0.239 e. The maximum absolute atomic E-state index is 12.1. The summed E-state index contributed by atoms with van der Waals surface area (Å²) in [5.41, 5.74) is 5.92. The van der Waals surface area contributed by atoms with Gasteiger partial charge >= 0.3 is 0 Å². The molecule has 9 heteroatoms. The molecule has 0 radical (unpaired) electrons. The Balaban J connectivity index is -0.000001000. The highest BCUT2D eigenvalue weighted by Crippen LogP contribution is 2.13. The van der Waals surface area contributed by atoms with Crippen LogP contribution in [-0.2, 0) is 4.79 Å². The number of anilines is 1. The molecule has 0 saturated carbocycles. The molecule has 0 aromatic carbocycles. The van der Waals surface area contributed by atoms with Crippen LogP contribution in [0.3, 0.4) is 0 Å². The standard InChI is InChI=1S/C14H22N4O.4ClH/c1-11(2)13(15)14(19)18-9-7-17(8-10-18)12-5-3-4-6-16-12;;;;/h3-6,11,13H,7-10,15H2,1-2H3;4*1H. The van der Waals surface area contributed by atoms with E-state index in [1.165, 1.54) is 0 Å². The van der Waals surface area contributed by atoms with E-state index >= 15 is 0 Å². The predicted octanol–water partition coefficient (Wildman–Crippen LogP) is 2.40. The molecule has 1 aromatic rings. The zero-order valence-electron chi connectivity index (χ0n) is 13.3. The van der Waals surface area contributed by atoms with Crippen molar-refractivity contribution in [2.45, 2.75) is 19.9 Å². The predicted molar refractivity (Wildman–Crippen MR) is 105 cm³/mol. The minimum absolute atomic E-state index is 0. The summed E-state index contributed by atoms with van der Waals surface area (Å²) in [5, 5.41) is 0. The van der Waals surface area contributed by atoms with Gasteiger partial charge in [-0.25, -0.2) is 4.98 Å². The lowest BCUT2D eigenvalue weighted by Crippen LogP contribution is -2.54. The number of hydrogen-bond donors (Lipinski definition) is 1. The molecule has 23 heavy (non-hydrogen) atoms. The highest BCUT2D eigenvalue weighted by molar-refractivity contribution is 5.86. The van der Waals surface area contributed by atoms with E-state index in [-0.39, 0.29) is 67.5 Å². The molecule has 1 fully saturated rings. The van der Waals surface area contributed by atoms with Crippen molar-refractivity contribution in [2.24, 2.45) is 11.7 Å². The number of hydrogen-bond acceptors (Lipinski definition) is 4. The molecule has 1 amide bonds. The quantitative estimate of drug-likeness (QED) is 0.835. The van der Waals surface area contributed by atoms with Gasteiger partial charge in [-0.1, -0.05) is 19.9 Å². The van der Waals surface area contributed by atoms with E-state index in [0.717, 1.165) is 32.0 Å². The molecule has 0 aliphatic carbocycles. The zero-order chi connectivity index (χ0) is 13.8. The van der Waals surface area contributed by atoms with Crippen molar-refractivity contribution in [3.05, 3.63) is 24.4 Å². The van der Waals surface area contributed by atoms with Crippen molar-refractivity contribution >= 4 is 61.4 Å². The minimum Gasteiger partial charge on any atom is -0.353 e. The largest absolute Gasteiger partial charge is 0.353 e. The van der Waals surface area contributed by atoms with Crippen LogP contribution in [0.2, 0.25) is 0 Å². The molecule has 1 aromatic heterocycles. The molecule has 1 aliphatic rings. The van der Waals surface area contributed by atoms with Gasteiger partial charge in [0.1, 0.15) is 5.82 Å². The van der Waals surface area contributed by atoms with Gasteiger partial charge in [-0.2, -0.15) is 0 Å². The van der Waals surface area contributed by atoms with E-state index in [9.17, 15) is 4.79 Å². The van der Waals surface area contributed by atoms with Gasteiger partial charge in [-0.05, 0) is 18.1 Å². The number of pyridine rings is 1. The number of amides is 1. The Labute approximate surface area is 163 Å². The summed E-state index contributed by atoms with van der Waals surface area (Å²) in [5.74, 6) is 1.22. The fraction of sp³-hybridized carbons (Fsp3) is 0.571. The van der Waals surface area contributed by atoms with Gasteiger partial charge in [0.05, 0.1) is 6.04 Å². The number of carbonyl (C=O) groups is 1. The Morgan fingerprint density at radius 2 is 1.65 bits per heavy atom. The molecule has 1 atom stereocenters. The first kappa shape index (κ1) is 27.4. The van der Waals surface area contributed by atoms with Crippen LogP contribution in [0.1, 0.15) is 13.8 Å². The SMILES string of the molecule is CC(C)C(N)C(=O)N1CCN(c2ccccn2)CC1.Cl.Cl.Cl.Cl. The van der Waals surface area contributed by atoms with Gasteiger partial charge in [0, 0.05) is 32.4 Å². The summed E-state index contributed by atoms with van der Waals surface area (Å²) in [7, 11) is 0. The van der Waals surface area contributed by atoms with Crippen LogP contribution < -0.4 is 10.6 Å². The van der Waals surface area contributed by atoms with Gasteiger partial charge < -0.3 is 15.5 Å². The molecule has 1 saturated heterocycles. The summed E-state index contributed by atoms with van der Waals surface area (Å²) in [4.78, 5) is 20.5. The summed E-state index contributed by atoms with van der Waals surface area (Å²) < 4.78 is 0. The van der Waals surface area contributed by atoms with Gasteiger partial charge in [-0.15, -0.1) is 49.6 Å². The molecular formula is C14H26Cl4N4O. The van der Waals surface area contributed by atoms with Crippen molar-refractivity contribution in [1.82, 2.24) is 9.88 Å². The summed E-state index contributed by atoms with van der Waals surface area (Å²) >= 11 is 0. The normalized spacial score (nSPS) is 14.6. The molecule has 2 heterocycles. The van der Waals surface area contributed by atoms with Crippen LogP contribution in [0.15, 0.2) is 24.4 Å². The fourth-order valence-electron chi connectivity index (χ4n) is 2.19. The van der Waals surface area contributed by atoms with Crippen LogP contribution in [0.5, 0.6) is 0 Å². The van der Waals surface area contributed by atoms with Crippen molar-refractivity contribution in [1.29, 1.82) is 0 Å². The topological polar surface area (TPSA) is 62.5 Å². The van der Waals surface area contributed by atoms with Gasteiger partial charge in [0.15, 0.2) is 0 Å². The van der Waals surface area contributed by atoms with E-state index < -0.39 is 0 Å². The molecule has 2 rings (SSSR count). The lowest BCUT2D eigenvalue weighted by Gasteiger charge is -2.37. The number of aromatic nitrogens is 1. The molecule has 136 valence electrons. The molecule has 1 aliphatic heterocycles. The van der Waals surface area contributed by atoms with Gasteiger partial charge in [0.2, 0.25) is 5.91 Å². The second-order valence-corrected chi connectivity index (χ2v) is 5.27. The number of nitrogens with zero attached hydrogens (tertiary/aromatic N) is 3. The maximum atomic E-state index is 12.1. The Morgan fingerprint density at radius 3 is 2.09 bits per heavy atom. The highest BCUT2D eigenvalue weighted by Gasteiger charge is 2.27. The zero-order valence-corrected chi connectivity index (χ0v) is 16.5. The van der Waals surface area contributed by atoms with Crippen molar-refractivity contribution in [3.8, 4) is 0 Å². The van der Waals surface area contributed by atoms with E-state index in [1.54, 1.807) is 6.20 Å². The first-order valence-corrected chi connectivity index (χ1v) is 6.80. The summed E-state index contributed by atoms with van der Waals surface area (Å²) in [6.07, 6.45) is 1.79. The third-order valence-electron chi connectivity index (χ3n) is 3.57. The second-order valence-electron chi connectivity index (χ2n) is 5.27. The maximum Gasteiger partial charge on any atom is 0.239 e. The highest BCUT2D eigenvalue weighted by atomic mass is 35.5. The molecule has 2 N–H and O–H groups in total. The van der Waals surface area contributed by atoms with E-state index in [1.807, 2.05) is 36.9 Å². The molecule has 1 unspecified atom stereocenters. The number of halogens is 4. The first-order chi connectivity index (χ1) is 9.09. The molecule has 5 nitrogen and oxygen atoms in total. The van der Waals surface area contributed by atoms with Crippen LogP contribution in [0.4, 0.5) is 5.82 Å². The number of rotatable bonds is 3. The van der Waals surface area contributed by atoms with Gasteiger partial charge in [-0.3, -0.25) is 4.79 Å². The number of carbonyl (C=O) groups excluding carboxylic acids is 1. The molecule has 0 bridgehead atoms. The van der Waals surface area contributed by atoms with Crippen LogP contribution in [-0.4, -0.2) is 48.0 Å². The minimum atomic E-state index is -0.388. The van der Waals surface area contributed by atoms with Gasteiger partial charge in [0.25, 0.3) is 0 Å². The Hall–Kier alpha value is -0.460. The third kappa shape index (κ3) is 7.31. The Bertz CT molecular complexity index is 428. The second kappa shape index (κ2) is 12.9. The van der Waals surface area contributed by atoms with Crippen LogP contribution in [0, 0.1) is 5.92 Å². The average Bonchev–Trinajstić information content (AvgIpc) is 2.46. The van der Waals surface area contributed by atoms with E-state index in [2.05, 4.69) is 9.88 Å². The lowest BCUT2D eigenvalue weighted by atomic mass is 10.0. The van der Waals surface area contributed by atoms with Crippen LogP contribution >= 0.6 is 49.6 Å². The van der Waals surface area contributed by atoms with E-state index in [0.29, 0.717) is 0 Å².